The SMILES string of the molecule is C=C(S/C(C(=O)NCCC1CCCN1C)=C(/C)N)c1ccccc1Oc1ccccc1. The van der Waals surface area contributed by atoms with Crippen molar-refractivity contribution in [3.05, 3.63) is 77.3 Å². The molecular weight excluding hydrogens is 406 g/mol. The van der Waals surface area contributed by atoms with E-state index in [1.165, 1.54) is 24.6 Å². The number of nitrogens with two attached hydrogens (primary N) is 1. The first-order valence-corrected chi connectivity index (χ1v) is 11.4. The topological polar surface area (TPSA) is 67.6 Å². The Morgan fingerprint density at radius 2 is 1.94 bits per heavy atom. The number of para-hydroxylation sites is 2. The number of likely N-dealkylation sites (tertiary alicyclic amines) is 1. The number of hydrogen-bond acceptors (Lipinski definition) is 5. The minimum atomic E-state index is -0.159. The summed E-state index contributed by atoms with van der Waals surface area (Å²) >= 11 is 1.28. The lowest BCUT2D eigenvalue weighted by atomic mass is 10.1. The summed E-state index contributed by atoms with van der Waals surface area (Å²) in [5.74, 6) is 1.27. The predicted molar refractivity (Wildman–Crippen MR) is 130 cm³/mol. The lowest BCUT2D eigenvalue weighted by molar-refractivity contribution is -0.116. The quantitative estimate of drug-likeness (QED) is 0.542. The van der Waals surface area contributed by atoms with Crippen LogP contribution in [0.25, 0.3) is 4.91 Å². The third kappa shape index (κ3) is 6.39. The summed E-state index contributed by atoms with van der Waals surface area (Å²) in [6.07, 6.45) is 3.36. The van der Waals surface area contributed by atoms with Crippen LogP contribution in [-0.2, 0) is 4.79 Å². The van der Waals surface area contributed by atoms with E-state index in [4.69, 9.17) is 10.5 Å². The highest BCUT2D eigenvalue weighted by molar-refractivity contribution is 8.12. The van der Waals surface area contributed by atoms with Crippen LogP contribution in [-0.4, -0.2) is 37.0 Å². The van der Waals surface area contributed by atoms with E-state index in [2.05, 4.69) is 23.8 Å². The van der Waals surface area contributed by atoms with Crippen molar-refractivity contribution in [1.82, 2.24) is 10.2 Å². The molecule has 0 radical (unpaired) electrons. The number of rotatable bonds is 9. The van der Waals surface area contributed by atoms with Gasteiger partial charge in [0.05, 0.1) is 4.91 Å². The van der Waals surface area contributed by atoms with E-state index < -0.39 is 0 Å². The van der Waals surface area contributed by atoms with Crippen LogP contribution in [0.4, 0.5) is 0 Å². The minimum Gasteiger partial charge on any atom is -0.457 e. The molecule has 1 heterocycles. The summed E-state index contributed by atoms with van der Waals surface area (Å²) in [6.45, 7) is 7.70. The standard InChI is InChI=1S/C25H31N3O2S/c1-18(26)24(25(29)27-16-15-20-10-9-17-28(20)3)31-19(2)22-13-7-8-14-23(22)30-21-11-5-4-6-12-21/h4-8,11-14,20H,2,9-10,15-17,26H2,1,3H3,(H,27,29)/b24-18-. The summed E-state index contributed by atoms with van der Waals surface area (Å²) in [5, 5.41) is 3.03. The molecule has 1 atom stereocenters. The zero-order valence-electron chi connectivity index (χ0n) is 18.3. The smallest absolute Gasteiger partial charge is 0.259 e. The second-order valence-electron chi connectivity index (χ2n) is 7.77. The highest BCUT2D eigenvalue weighted by Gasteiger charge is 2.21. The van der Waals surface area contributed by atoms with E-state index in [1.807, 2.05) is 54.6 Å². The molecule has 2 aromatic carbocycles. The molecule has 2 aromatic rings. The number of amides is 1. The number of nitrogens with zero attached hydrogens (tertiary/aromatic N) is 1. The number of carbonyl (C=O) groups excluding carboxylic acids is 1. The normalized spacial score (nSPS) is 17.2. The lowest BCUT2D eigenvalue weighted by Gasteiger charge is -2.20. The molecular formula is C25H31N3O2S. The number of ether oxygens (including phenoxy) is 1. The molecule has 1 amide bonds. The van der Waals surface area contributed by atoms with Crippen LogP contribution in [0.15, 0.2) is 71.8 Å². The average Bonchev–Trinajstić information content (AvgIpc) is 3.17. The van der Waals surface area contributed by atoms with Crippen molar-refractivity contribution in [2.75, 3.05) is 20.1 Å². The van der Waals surface area contributed by atoms with Gasteiger partial charge in [-0.1, -0.05) is 54.7 Å². The Morgan fingerprint density at radius 3 is 2.61 bits per heavy atom. The van der Waals surface area contributed by atoms with Crippen molar-refractivity contribution in [1.29, 1.82) is 0 Å². The summed E-state index contributed by atoms with van der Waals surface area (Å²) in [7, 11) is 2.14. The molecule has 31 heavy (non-hydrogen) atoms. The van der Waals surface area contributed by atoms with Crippen LogP contribution < -0.4 is 15.8 Å². The Kier molecular flexibility index (Phi) is 8.20. The van der Waals surface area contributed by atoms with Crippen LogP contribution >= 0.6 is 11.8 Å². The van der Waals surface area contributed by atoms with Gasteiger partial charge in [-0.15, -0.1) is 0 Å². The third-order valence-electron chi connectivity index (χ3n) is 5.38. The third-order valence-corrected chi connectivity index (χ3v) is 6.56. The average molecular weight is 438 g/mol. The largest absolute Gasteiger partial charge is 0.457 e. The van der Waals surface area contributed by atoms with Crippen LogP contribution in [0.3, 0.4) is 0 Å². The Hall–Kier alpha value is -2.70. The minimum absolute atomic E-state index is 0.159. The monoisotopic (exact) mass is 437 g/mol. The summed E-state index contributed by atoms with van der Waals surface area (Å²) in [5.41, 5.74) is 7.36. The number of thioether (sulfide) groups is 1. The van der Waals surface area contributed by atoms with Crippen molar-refractivity contribution in [2.45, 2.75) is 32.2 Å². The van der Waals surface area contributed by atoms with Crippen LogP contribution in [0.1, 0.15) is 31.7 Å². The fourth-order valence-corrected chi connectivity index (χ4v) is 4.51. The highest BCUT2D eigenvalue weighted by atomic mass is 32.2. The van der Waals surface area contributed by atoms with E-state index >= 15 is 0 Å². The van der Waals surface area contributed by atoms with Gasteiger partial charge in [-0.05, 0) is 58.0 Å². The van der Waals surface area contributed by atoms with Gasteiger partial charge in [0.25, 0.3) is 5.91 Å². The Morgan fingerprint density at radius 1 is 1.23 bits per heavy atom. The fraction of sp³-hybridized carbons (Fsp3) is 0.320. The molecule has 1 unspecified atom stereocenters. The molecule has 0 aliphatic carbocycles. The predicted octanol–water partition coefficient (Wildman–Crippen LogP) is 4.97. The van der Waals surface area contributed by atoms with Crippen molar-refractivity contribution in [3.63, 3.8) is 0 Å². The first-order valence-electron chi connectivity index (χ1n) is 10.6. The van der Waals surface area contributed by atoms with Crippen LogP contribution in [0.5, 0.6) is 11.5 Å². The number of carbonyl (C=O) groups is 1. The van der Waals surface area contributed by atoms with Gasteiger partial charge in [0.15, 0.2) is 0 Å². The number of benzene rings is 2. The molecule has 1 aliphatic rings. The van der Waals surface area contributed by atoms with Gasteiger partial charge in [-0.3, -0.25) is 4.79 Å². The van der Waals surface area contributed by atoms with Crippen molar-refractivity contribution < 1.29 is 9.53 Å². The summed E-state index contributed by atoms with van der Waals surface area (Å²) in [4.78, 5) is 16.4. The molecule has 5 nitrogen and oxygen atoms in total. The van der Waals surface area contributed by atoms with Gasteiger partial charge in [-0.2, -0.15) is 0 Å². The number of allylic oxidation sites excluding steroid dienone is 1. The van der Waals surface area contributed by atoms with Gasteiger partial charge in [0, 0.05) is 28.8 Å². The highest BCUT2D eigenvalue weighted by Crippen LogP contribution is 2.39. The second-order valence-corrected chi connectivity index (χ2v) is 8.88. The maximum absolute atomic E-state index is 12.8. The number of hydrogen-bond donors (Lipinski definition) is 2. The van der Waals surface area contributed by atoms with Gasteiger partial charge in [-0.25, -0.2) is 0 Å². The zero-order valence-corrected chi connectivity index (χ0v) is 19.1. The summed E-state index contributed by atoms with van der Waals surface area (Å²) < 4.78 is 6.04. The maximum Gasteiger partial charge on any atom is 0.259 e. The van der Waals surface area contributed by atoms with Gasteiger partial charge >= 0.3 is 0 Å². The first-order chi connectivity index (χ1) is 15.0. The molecule has 1 aliphatic heterocycles. The van der Waals surface area contributed by atoms with Crippen LogP contribution in [0.2, 0.25) is 0 Å². The summed E-state index contributed by atoms with van der Waals surface area (Å²) in [6, 6.07) is 17.8. The van der Waals surface area contributed by atoms with E-state index in [-0.39, 0.29) is 5.91 Å². The van der Waals surface area contributed by atoms with Crippen molar-refractivity contribution in [3.8, 4) is 11.5 Å². The molecule has 0 bridgehead atoms. The Bertz CT molecular complexity index is 939. The molecule has 0 aromatic heterocycles. The Balaban J connectivity index is 1.64. The van der Waals surface area contributed by atoms with E-state index in [1.54, 1.807) is 6.92 Å². The van der Waals surface area contributed by atoms with Crippen LogP contribution in [0, 0.1) is 0 Å². The fourth-order valence-electron chi connectivity index (χ4n) is 3.66. The number of nitrogens with one attached hydrogen (secondary N) is 1. The maximum atomic E-state index is 12.8. The molecule has 0 spiro atoms. The van der Waals surface area contributed by atoms with Crippen molar-refractivity contribution >= 4 is 22.6 Å². The van der Waals surface area contributed by atoms with Gasteiger partial charge < -0.3 is 20.7 Å². The van der Waals surface area contributed by atoms with E-state index in [0.717, 1.165) is 24.3 Å². The van der Waals surface area contributed by atoms with Crippen molar-refractivity contribution in [2.24, 2.45) is 5.73 Å². The van der Waals surface area contributed by atoms with Gasteiger partial charge in [0.2, 0.25) is 0 Å². The first kappa shape index (κ1) is 23.0. The molecule has 3 rings (SSSR count). The molecule has 0 saturated carbocycles. The van der Waals surface area contributed by atoms with Gasteiger partial charge in [0.1, 0.15) is 11.5 Å². The lowest BCUT2D eigenvalue weighted by Crippen LogP contribution is -2.32. The molecule has 1 saturated heterocycles. The Labute approximate surface area is 189 Å². The molecule has 3 N–H and O–H groups in total. The zero-order chi connectivity index (χ0) is 22.2. The molecule has 164 valence electrons. The molecule has 1 fully saturated rings. The van der Waals surface area contributed by atoms with E-state index in [9.17, 15) is 4.79 Å². The second kappa shape index (κ2) is 11.1. The van der Waals surface area contributed by atoms with E-state index in [0.29, 0.717) is 33.8 Å². The molecule has 6 heteroatoms.